The summed E-state index contributed by atoms with van der Waals surface area (Å²) in [7, 11) is 0. The van der Waals surface area contributed by atoms with E-state index in [2.05, 4.69) is 5.92 Å². The Kier molecular flexibility index (Phi) is 4.05. The van der Waals surface area contributed by atoms with E-state index in [1.54, 1.807) is 36.7 Å². The molecule has 1 saturated heterocycles. The Morgan fingerprint density at radius 2 is 2.29 bits per heavy atom. The van der Waals surface area contributed by atoms with Crippen LogP contribution in [0.5, 0.6) is 0 Å². The van der Waals surface area contributed by atoms with Gasteiger partial charge in [0.25, 0.3) is 5.91 Å². The van der Waals surface area contributed by atoms with E-state index >= 15 is 0 Å². The summed E-state index contributed by atoms with van der Waals surface area (Å²) in [4.78, 5) is 25.3. The Morgan fingerprint density at radius 1 is 1.57 bits per heavy atom. The van der Waals surface area contributed by atoms with Crippen molar-refractivity contribution < 1.29 is 19.4 Å². The van der Waals surface area contributed by atoms with Gasteiger partial charge in [0.1, 0.15) is 5.69 Å². The predicted molar refractivity (Wildman–Crippen MR) is 75.8 cm³/mol. The van der Waals surface area contributed by atoms with E-state index in [1.165, 1.54) is 4.90 Å². The summed E-state index contributed by atoms with van der Waals surface area (Å²) < 4.78 is 7.15. The van der Waals surface area contributed by atoms with Crippen LogP contribution < -0.4 is 0 Å². The number of morpholine rings is 1. The number of aliphatic carboxylic acids is 1. The molecule has 1 aliphatic rings. The first-order valence-corrected chi connectivity index (χ1v) is 6.62. The summed E-state index contributed by atoms with van der Waals surface area (Å²) in [5.74, 6) is 1.18. The molecule has 112 valence electrons. The highest BCUT2D eigenvalue weighted by molar-refractivity contribution is 5.93. The van der Waals surface area contributed by atoms with Gasteiger partial charge >= 0.3 is 5.97 Å². The smallest absolute Gasteiger partial charge is 0.334 e. The molecule has 1 aromatic rings. The van der Waals surface area contributed by atoms with Crippen molar-refractivity contribution in [2.24, 2.45) is 0 Å². The Hall–Kier alpha value is -2.26. The third-order valence-corrected chi connectivity index (χ3v) is 3.29. The molecule has 1 aliphatic heterocycles. The molecule has 2 rings (SSSR count). The van der Waals surface area contributed by atoms with Gasteiger partial charge in [0.15, 0.2) is 6.10 Å². The number of hydrogen-bond acceptors (Lipinski definition) is 3. The summed E-state index contributed by atoms with van der Waals surface area (Å²) in [6, 6.07) is 3.42. The molecular weight excluding hydrogens is 272 g/mol. The predicted octanol–water partition coefficient (Wildman–Crippen LogP) is 0.825. The number of amides is 1. The molecular formula is C15H18N2O4. The molecule has 2 heterocycles. The van der Waals surface area contributed by atoms with Crippen LogP contribution >= 0.6 is 0 Å². The topological polar surface area (TPSA) is 71.8 Å². The van der Waals surface area contributed by atoms with Gasteiger partial charge in [-0.2, -0.15) is 0 Å². The minimum Gasteiger partial charge on any atom is -0.479 e. The molecule has 1 fully saturated rings. The number of terminal acetylenes is 1. The highest BCUT2D eigenvalue weighted by Gasteiger charge is 2.39. The van der Waals surface area contributed by atoms with Gasteiger partial charge in [-0.1, -0.05) is 5.92 Å². The number of carbonyl (C=O) groups excluding carboxylic acids is 1. The second-order valence-corrected chi connectivity index (χ2v) is 5.62. The van der Waals surface area contributed by atoms with E-state index in [0.717, 1.165) is 0 Å². The maximum Gasteiger partial charge on any atom is 0.334 e. The normalized spacial score (nSPS) is 20.8. The van der Waals surface area contributed by atoms with E-state index in [-0.39, 0.29) is 12.5 Å². The molecule has 0 saturated carbocycles. The van der Waals surface area contributed by atoms with Crippen LogP contribution in [-0.2, 0) is 16.1 Å². The Morgan fingerprint density at radius 3 is 2.90 bits per heavy atom. The van der Waals surface area contributed by atoms with E-state index in [9.17, 15) is 9.59 Å². The lowest BCUT2D eigenvalue weighted by Crippen LogP contribution is -2.56. The van der Waals surface area contributed by atoms with E-state index in [0.29, 0.717) is 18.8 Å². The summed E-state index contributed by atoms with van der Waals surface area (Å²) in [5, 5.41) is 9.14. The highest BCUT2D eigenvalue weighted by atomic mass is 16.5. The number of nitrogens with zero attached hydrogens (tertiary/aromatic N) is 2. The average molecular weight is 290 g/mol. The minimum absolute atomic E-state index is 0.0266. The molecule has 0 bridgehead atoms. The first-order valence-electron chi connectivity index (χ1n) is 6.62. The SMILES string of the molecule is C#CCn1cccc1C(=O)N1CC(C(=O)O)OC(C)(C)C1. The van der Waals surface area contributed by atoms with Crippen LogP contribution in [0.1, 0.15) is 24.3 Å². The summed E-state index contributed by atoms with van der Waals surface area (Å²) in [5.41, 5.74) is -0.254. The van der Waals surface area contributed by atoms with Crippen LogP contribution in [0.3, 0.4) is 0 Å². The van der Waals surface area contributed by atoms with Crippen molar-refractivity contribution in [2.75, 3.05) is 13.1 Å². The summed E-state index contributed by atoms with van der Waals surface area (Å²) in [6.45, 7) is 4.19. The van der Waals surface area contributed by atoms with Gasteiger partial charge in [0, 0.05) is 12.7 Å². The molecule has 1 unspecified atom stereocenters. The Labute approximate surface area is 123 Å². The lowest BCUT2D eigenvalue weighted by molar-refractivity contribution is -0.174. The van der Waals surface area contributed by atoms with E-state index < -0.39 is 17.7 Å². The van der Waals surface area contributed by atoms with Crippen LogP contribution in [0.2, 0.25) is 0 Å². The van der Waals surface area contributed by atoms with Crippen LogP contribution in [0.25, 0.3) is 0 Å². The van der Waals surface area contributed by atoms with Gasteiger partial charge in [-0.15, -0.1) is 6.42 Å². The molecule has 21 heavy (non-hydrogen) atoms. The van der Waals surface area contributed by atoms with Crippen molar-refractivity contribution in [1.29, 1.82) is 0 Å². The van der Waals surface area contributed by atoms with Gasteiger partial charge in [0.05, 0.1) is 18.7 Å². The molecule has 1 N–H and O–H groups in total. The zero-order valence-electron chi connectivity index (χ0n) is 12.1. The molecule has 0 aromatic carbocycles. The van der Waals surface area contributed by atoms with Gasteiger partial charge in [-0.3, -0.25) is 4.79 Å². The van der Waals surface area contributed by atoms with Crippen molar-refractivity contribution in [2.45, 2.75) is 32.1 Å². The molecule has 0 spiro atoms. The van der Waals surface area contributed by atoms with E-state index in [4.69, 9.17) is 16.3 Å². The second kappa shape index (κ2) is 5.62. The van der Waals surface area contributed by atoms with Crippen molar-refractivity contribution in [1.82, 2.24) is 9.47 Å². The summed E-state index contributed by atoms with van der Waals surface area (Å²) in [6.07, 6.45) is 5.99. The van der Waals surface area contributed by atoms with Crippen molar-refractivity contribution in [3.8, 4) is 12.3 Å². The van der Waals surface area contributed by atoms with Crippen LogP contribution in [0, 0.1) is 12.3 Å². The third-order valence-electron chi connectivity index (χ3n) is 3.29. The first kappa shape index (κ1) is 15.1. The average Bonchev–Trinajstić information content (AvgIpc) is 2.84. The van der Waals surface area contributed by atoms with Crippen LogP contribution in [0.15, 0.2) is 18.3 Å². The lowest BCUT2D eigenvalue weighted by atomic mass is 10.0. The first-order chi connectivity index (χ1) is 9.84. The molecule has 0 radical (unpaired) electrons. The molecule has 1 atom stereocenters. The number of carboxylic acids is 1. The Bertz CT molecular complexity index is 597. The third kappa shape index (κ3) is 3.26. The molecule has 6 nitrogen and oxygen atoms in total. The maximum atomic E-state index is 12.6. The van der Waals surface area contributed by atoms with Crippen molar-refractivity contribution in [3.05, 3.63) is 24.0 Å². The fourth-order valence-corrected chi connectivity index (χ4v) is 2.47. The standard InChI is InChI=1S/C15H18N2O4/c1-4-7-16-8-5-6-11(16)13(18)17-9-12(14(19)20)21-15(2,3)10-17/h1,5-6,8,12H,7,9-10H2,2-3H3,(H,19,20). The monoisotopic (exact) mass is 290 g/mol. The van der Waals surface area contributed by atoms with Gasteiger partial charge in [-0.25, -0.2) is 4.79 Å². The number of rotatable bonds is 3. The number of hydrogen-bond donors (Lipinski definition) is 1. The lowest BCUT2D eigenvalue weighted by Gasteiger charge is -2.41. The van der Waals surface area contributed by atoms with Crippen LogP contribution in [-0.4, -0.2) is 51.2 Å². The molecule has 6 heteroatoms. The van der Waals surface area contributed by atoms with Crippen molar-refractivity contribution in [3.63, 3.8) is 0 Å². The van der Waals surface area contributed by atoms with E-state index in [1.807, 2.05) is 0 Å². The van der Waals surface area contributed by atoms with Gasteiger partial charge in [-0.05, 0) is 26.0 Å². The maximum absolute atomic E-state index is 12.6. The fourth-order valence-electron chi connectivity index (χ4n) is 2.47. The van der Waals surface area contributed by atoms with Crippen LogP contribution in [0.4, 0.5) is 0 Å². The largest absolute Gasteiger partial charge is 0.479 e. The quantitative estimate of drug-likeness (QED) is 0.837. The van der Waals surface area contributed by atoms with Gasteiger partial charge in [0.2, 0.25) is 0 Å². The molecule has 1 aromatic heterocycles. The second-order valence-electron chi connectivity index (χ2n) is 5.62. The molecule has 0 aliphatic carbocycles. The number of ether oxygens (including phenoxy) is 1. The number of carboxylic acid groups (broad SMARTS) is 1. The zero-order chi connectivity index (χ0) is 15.6. The Balaban J connectivity index is 2.23. The zero-order valence-corrected chi connectivity index (χ0v) is 12.1. The number of carbonyl (C=O) groups is 2. The fraction of sp³-hybridized carbons (Fsp3) is 0.467. The van der Waals surface area contributed by atoms with Crippen molar-refractivity contribution >= 4 is 11.9 Å². The molecule has 1 amide bonds. The highest BCUT2D eigenvalue weighted by Crippen LogP contribution is 2.23. The minimum atomic E-state index is -1.07. The summed E-state index contributed by atoms with van der Waals surface area (Å²) >= 11 is 0. The van der Waals surface area contributed by atoms with Gasteiger partial charge < -0.3 is 19.3 Å². The number of aromatic nitrogens is 1.